The van der Waals surface area contributed by atoms with Crippen LogP contribution in [0.25, 0.3) is 0 Å². The average molecular weight is 459 g/mol. The Morgan fingerprint density at radius 2 is 1.73 bits per heavy atom. The minimum absolute atomic E-state index is 0.0843. The lowest BCUT2D eigenvalue weighted by Crippen LogP contribution is -2.67. The molecule has 1 N–H and O–H groups in total. The molecule has 0 aromatic heterocycles. The monoisotopic (exact) mass is 458 g/mol. The quantitative estimate of drug-likeness (QED) is 0.705. The van der Waals surface area contributed by atoms with Crippen LogP contribution >= 0.6 is 0 Å². The van der Waals surface area contributed by atoms with Crippen LogP contribution in [0.1, 0.15) is 25.3 Å². The second kappa shape index (κ2) is 8.56. The Labute approximate surface area is 192 Å². The molecule has 1 saturated carbocycles. The van der Waals surface area contributed by atoms with Gasteiger partial charge in [-0.3, -0.25) is 4.90 Å². The normalized spacial score (nSPS) is 22.7. The van der Waals surface area contributed by atoms with E-state index in [0.29, 0.717) is 30.7 Å². The van der Waals surface area contributed by atoms with Gasteiger partial charge in [0.25, 0.3) is 0 Å². The summed E-state index contributed by atoms with van der Waals surface area (Å²) in [5, 5.41) is 3.17. The summed E-state index contributed by atoms with van der Waals surface area (Å²) in [6.45, 7) is 6.35. The summed E-state index contributed by atoms with van der Waals surface area (Å²) in [5.74, 6) is -3.86. The van der Waals surface area contributed by atoms with E-state index in [4.69, 9.17) is 0 Å². The van der Waals surface area contributed by atoms with Gasteiger partial charge in [0.2, 0.25) is 0 Å². The topological polar surface area (TPSA) is 38.8 Å². The van der Waals surface area contributed by atoms with Crippen molar-refractivity contribution in [1.82, 2.24) is 15.1 Å². The van der Waals surface area contributed by atoms with Gasteiger partial charge in [-0.25, -0.2) is 18.0 Å². The molecule has 2 amide bonds. The van der Waals surface area contributed by atoms with Crippen LogP contribution in [0.2, 0.25) is 0 Å². The first-order valence-corrected chi connectivity index (χ1v) is 11.5. The first-order valence-electron chi connectivity index (χ1n) is 11.5. The highest BCUT2D eigenvalue weighted by atomic mass is 19.2. The summed E-state index contributed by atoms with van der Waals surface area (Å²) in [7, 11) is 0. The summed E-state index contributed by atoms with van der Waals surface area (Å²) in [6.07, 6.45) is 2.01. The van der Waals surface area contributed by atoms with E-state index in [2.05, 4.69) is 34.5 Å². The Morgan fingerprint density at radius 1 is 1.06 bits per heavy atom. The fraction of sp³-hybridized carbons (Fsp3) is 0.480. The molecule has 0 bridgehead atoms. The Hall–Kier alpha value is -2.74. The fourth-order valence-corrected chi connectivity index (χ4v) is 5.68. The number of carbonyl (C=O) groups is 1. The maximum atomic E-state index is 13.6. The number of nitrogens with one attached hydrogen (secondary N) is 1. The van der Waals surface area contributed by atoms with Crippen molar-refractivity contribution in [2.45, 2.75) is 38.4 Å². The van der Waals surface area contributed by atoms with Gasteiger partial charge in [0.15, 0.2) is 17.5 Å². The number of halogens is 3. The largest absolute Gasteiger partial charge is 0.368 e. The van der Waals surface area contributed by atoms with Crippen LogP contribution in [0, 0.1) is 22.9 Å². The fourth-order valence-electron chi connectivity index (χ4n) is 5.68. The van der Waals surface area contributed by atoms with Gasteiger partial charge in [-0.05, 0) is 30.7 Å². The van der Waals surface area contributed by atoms with Crippen molar-refractivity contribution >= 4 is 11.7 Å². The first kappa shape index (κ1) is 22.1. The molecule has 8 heteroatoms. The number of amides is 2. The van der Waals surface area contributed by atoms with Crippen molar-refractivity contribution in [3.05, 3.63) is 65.5 Å². The third kappa shape index (κ3) is 4.40. The molecule has 1 atom stereocenters. The number of likely N-dealkylation sites (tertiary alicyclic amines) is 1. The minimum Gasteiger partial charge on any atom is -0.368 e. The van der Waals surface area contributed by atoms with E-state index in [1.54, 1.807) is 9.80 Å². The van der Waals surface area contributed by atoms with Crippen LogP contribution in [0.4, 0.5) is 23.7 Å². The molecule has 3 aliphatic rings. The molecule has 2 aromatic carbocycles. The first-order chi connectivity index (χ1) is 15.8. The molecule has 1 spiro atoms. The Morgan fingerprint density at radius 3 is 2.36 bits per heavy atom. The molecule has 2 aromatic rings. The van der Waals surface area contributed by atoms with Gasteiger partial charge in [-0.2, -0.15) is 0 Å². The van der Waals surface area contributed by atoms with E-state index in [-0.39, 0.29) is 18.1 Å². The molecule has 2 saturated heterocycles. The highest BCUT2D eigenvalue weighted by Gasteiger charge is 2.52. The van der Waals surface area contributed by atoms with Crippen molar-refractivity contribution in [2.75, 3.05) is 37.6 Å². The second-order valence-corrected chi connectivity index (χ2v) is 9.90. The lowest BCUT2D eigenvalue weighted by atomic mass is 9.60. The molecular weight excluding hydrogens is 429 g/mol. The number of benzene rings is 2. The Balaban J connectivity index is 1.08. The van der Waals surface area contributed by atoms with Crippen LogP contribution in [0.5, 0.6) is 0 Å². The standard InChI is InChI=1S/C25H29F3N4O/c1-17-13-31(20-9-21(26)23(28)22(27)10-20)7-8-32(17)24(33)29-19-11-25(12-19)15-30(16-25)14-18-5-3-2-4-6-18/h2-6,9-10,17,19H,7-8,11-16H2,1H3,(H,29,33)/t17-/m1/s1. The summed E-state index contributed by atoms with van der Waals surface area (Å²) >= 11 is 0. The van der Waals surface area contributed by atoms with E-state index in [9.17, 15) is 18.0 Å². The van der Waals surface area contributed by atoms with Gasteiger partial charge in [0.1, 0.15) is 0 Å². The second-order valence-electron chi connectivity index (χ2n) is 9.90. The maximum absolute atomic E-state index is 13.6. The molecule has 0 radical (unpaired) electrons. The number of hydrogen-bond acceptors (Lipinski definition) is 3. The van der Waals surface area contributed by atoms with Crippen molar-refractivity contribution in [3.8, 4) is 0 Å². The summed E-state index contributed by atoms with van der Waals surface area (Å²) < 4.78 is 40.4. The lowest BCUT2D eigenvalue weighted by Gasteiger charge is -2.59. The predicted octanol–water partition coefficient (Wildman–Crippen LogP) is 3.99. The Bertz CT molecular complexity index is 997. The molecule has 2 aliphatic heterocycles. The van der Waals surface area contributed by atoms with E-state index in [1.807, 2.05) is 13.0 Å². The van der Waals surface area contributed by atoms with Crippen LogP contribution in [-0.2, 0) is 6.54 Å². The van der Waals surface area contributed by atoms with Crippen LogP contribution in [-0.4, -0.2) is 60.6 Å². The average Bonchev–Trinajstić information content (AvgIpc) is 2.74. The van der Waals surface area contributed by atoms with Gasteiger partial charge >= 0.3 is 6.03 Å². The summed E-state index contributed by atoms with van der Waals surface area (Å²) in [6, 6.07) is 12.5. The van der Waals surface area contributed by atoms with Gasteiger partial charge in [0, 0.05) is 69.2 Å². The summed E-state index contributed by atoms with van der Waals surface area (Å²) in [4.78, 5) is 18.9. The molecule has 176 valence electrons. The molecule has 1 aliphatic carbocycles. The van der Waals surface area contributed by atoms with Crippen molar-refractivity contribution in [3.63, 3.8) is 0 Å². The molecule has 5 nitrogen and oxygen atoms in total. The highest BCUT2D eigenvalue weighted by Crippen LogP contribution is 2.48. The zero-order valence-corrected chi connectivity index (χ0v) is 18.7. The van der Waals surface area contributed by atoms with Gasteiger partial charge < -0.3 is 15.1 Å². The van der Waals surface area contributed by atoms with Gasteiger partial charge in [-0.15, -0.1) is 0 Å². The van der Waals surface area contributed by atoms with Crippen molar-refractivity contribution in [1.29, 1.82) is 0 Å². The highest BCUT2D eigenvalue weighted by molar-refractivity contribution is 5.75. The minimum atomic E-state index is -1.46. The summed E-state index contributed by atoms with van der Waals surface area (Å²) in [5.41, 5.74) is 1.97. The number of piperazine rings is 1. The predicted molar refractivity (Wildman–Crippen MR) is 120 cm³/mol. The van der Waals surface area contributed by atoms with Crippen LogP contribution in [0.15, 0.2) is 42.5 Å². The molecule has 33 heavy (non-hydrogen) atoms. The molecule has 0 unspecified atom stereocenters. The van der Waals surface area contributed by atoms with E-state index < -0.39 is 17.5 Å². The third-order valence-electron chi connectivity index (χ3n) is 7.28. The zero-order chi connectivity index (χ0) is 23.2. The van der Waals surface area contributed by atoms with E-state index in [1.165, 1.54) is 5.56 Å². The van der Waals surface area contributed by atoms with Gasteiger partial charge in [-0.1, -0.05) is 30.3 Å². The Kier molecular flexibility index (Phi) is 5.72. The molecule has 2 heterocycles. The molecule has 3 fully saturated rings. The number of carbonyl (C=O) groups excluding carboxylic acids is 1. The maximum Gasteiger partial charge on any atom is 0.317 e. The number of rotatable bonds is 4. The van der Waals surface area contributed by atoms with Crippen LogP contribution in [0.3, 0.4) is 0 Å². The smallest absolute Gasteiger partial charge is 0.317 e. The molecule has 5 rings (SSSR count). The lowest BCUT2D eigenvalue weighted by molar-refractivity contribution is -0.0810. The van der Waals surface area contributed by atoms with Gasteiger partial charge in [0.05, 0.1) is 0 Å². The zero-order valence-electron chi connectivity index (χ0n) is 18.7. The SMILES string of the molecule is C[C@@H]1CN(c2cc(F)c(F)c(F)c2)CCN1C(=O)NC1CC2(C1)CN(Cc1ccccc1)C2. The number of nitrogens with zero attached hydrogens (tertiary/aromatic N) is 3. The van der Waals surface area contributed by atoms with E-state index >= 15 is 0 Å². The number of hydrogen-bond donors (Lipinski definition) is 1. The van der Waals surface area contributed by atoms with Crippen molar-refractivity contribution < 1.29 is 18.0 Å². The number of anilines is 1. The van der Waals surface area contributed by atoms with E-state index in [0.717, 1.165) is 44.6 Å². The third-order valence-corrected chi connectivity index (χ3v) is 7.28. The molecular formula is C25H29F3N4O. The number of urea groups is 1. The van der Waals surface area contributed by atoms with Crippen LogP contribution < -0.4 is 10.2 Å². The van der Waals surface area contributed by atoms with Crippen molar-refractivity contribution in [2.24, 2.45) is 5.41 Å².